The summed E-state index contributed by atoms with van der Waals surface area (Å²) >= 11 is 0. The molecular weight excluding hydrogens is 200 g/mol. The molecule has 0 aliphatic carbocycles. The highest BCUT2D eigenvalue weighted by atomic mass is 16.2. The van der Waals surface area contributed by atoms with E-state index >= 15 is 0 Å². The number of rotatable bonds is 3. The maximum absolute atomic E-state index is 11.7. The molecule has 1 atom stereocenters. The standard InChI is InChI=1S/C13H20N2O/c1-9-7-5-6-8-11(9)10(2)15-12(16)13(3,4)14/h5-8,10H,14H2,1-4H3,(H,15,16)/t10-/m0/s1. The molecular formula is C13H20N2O. The third kappa shape index (κ3) is 3.07. The van der Waals surface area contributed by atoms with E-state index in [0.29, 0.717) is 0 Å². The monoisotopic (exact) mass is 220 g/mol. The molecule has 0 saturated heterocycles. The van der Waals surface area contributed by atoms with E-state index in [2.05, 4.69) is 5.32 Å². The number of hydrogen-bond donors (Lipinski definition) is 2. The lowest BCUT2D eigenvalue weighted by Crippen LogP contribution is -2.49. The predicted molar refractivity (Wildman–Crippen MR) is 66.0 cm³/mol. The lowest BCUT2D eigenvalue weighted by atomic mass is 10.0. The molecule has 0 aliphatic heterocycles. The van der Waals surface area contributed by atoms with Crippen LogP contribution in [0.4, 0.5) is 0 Å². The van der Waals surface area contributed by atoms with Gasteiger partial charge in [-0.1, -0.05) is 24.3 Å². The minimum Gasteiger partial charge on any atom is -0.348 e. The molecule has 3 N–H and O–H groups in total. The summed E-state index contributed by atoms with van der Waals surface area (Å²) in [6, 6.07) is 7.99. The Bertz CT molecular complexity index is 380. The normalized spacial score (nSPS) is 13.3. The molecule has 0 unspecified atom stereocenters. The van der Waals surface area contributed by atoms with Crippen LogP contribution in [0.5, 0.6) is 0 Å². The van der Waals surface area contributed by atoms with Crippen LogP contribution >= 0.6 is 0 Å². The zero-order valence-corrected chi connectivity index (χ0v) is 10.4. The fourth-order valence-electron chi connectivity index (χ4n) is 1.53. The van der Waals surface area contributed by atoms with Crippen LogP contribution in [0.3, 0.4) is 0 Å². The highest BCUT2D eigenvalue weighted by molar-refractivity contribution is 5.85. The van der Waals surface area contributed by atoms with Crippen LogP contribution in [0.25, 0.3) is 0 Å². The minimum atomic E-state index is -0.836. The first-order chi connectivity index (χ1) is 7.32. The van der Waals surface area contributed by atoms with Crippen LogP contribution in [0.15, 0.2) is 24.3 Å². The van der Waals surface area contributed by atoms with E-state index in [1.165, 1.54) is 5.56 Å². The van der Waals surface area contributed by atoms with E-state index in [9.17, 15) is 4.79 Å². The van der Waals surface area contributed by atoms with Gasteiger partial charge in [0.05, 0.1) is 11.6 Å². The van der Waals surface area contributed by atoms with Crippen LogP contribution in [-0.2, 0) is 4.79 Å². The van der Waals surface area contributed by atoms with Gasteiger partial charge in [0, 0.05) is 0 Å². The van der Waals surface area contributed by atoms with E-state index in [0.717, 1.165) is 5.56 Å². The summed E-state index contributed by atoms with van der Waals surface area (Å²) in [6.07, 6.45) is 0. The van der Waals surface area contributed by atoms with Crippen LogP contribution < -0.4 is 11.1 Å². The zero-order chi connectivity index (χ0) is 12.3. The van der Waals surface area contributed by atoms with Crippen LogP contribution in [-0.4, -0.2) is 11.4 Å². The number of amides is 1. The smallest absolute Gasteiger partial charge is 0.239 e. The Kier molecular flexibility index (Phi) is 3.70. The van der Waals surface area contributed by atoms with Crippen molar-refractivity contribution in [2.24, 2.45) is 5.73 Å². The maximum atomic E-state index is 11.7. The van der Waals surface area contributed by atoms with E-state index in [1.807, 2.05) is 38.1 Å². The number of carbonyl (C=O) groups is 1. The minimum absolute atomic E-state index is 0.0171. The Morgan fingerprint density at radius 2 is 1.94 bits per heavy atom. The topological polar surface area (TPSA) is 55.1 Å². The number of hydrogen-bond acceptors (Lipinski definition) is 2. The Balaban J connectivity index is 2.78. The van der Waals surface area contributed by atoms with Crippen molar-refractivity contribution in [3.8, 4) is 0 Å². The predicted octanol–water partition coefficient (Wildman–Crippen LogP) is 1.91. The second-order valence-corrected chi connectivity index (χ2v) is 4.77. The van der Waals surface area contributed by atoms with Gasteiger partial charge >= 0.3 is 0 Å². The number of aryl methyl sites for hydroxylation is 1. The molecule has 88 valence electrons. The fraction of sp³-hybridized carbons (Fsp3) is 0.462. The molecule has 0 heterocycles. The number of benzene rings is 1. The molecule has 0 aliphatic rings. The van der Waals surface area contributed by atoms with Crippen molar-refractivity contribution in [1.82, 2.24) is 5.32 Å². The first-order valence-electron chi connectivity index (χ1n) is 5.47. The van der Waals surface area contributed by atoms with E-state index in [-0.39, 0.29) is 11.9 Å². The SMILES string of the molecule is Cc1ccccc1[C@H](C)NC(=O)C(C)(C)N. The molecule has 0 aromatic heterocycles. The third-order valence-corrected chi connectivity index (χ3v) is 2.59. The third-order valence-electron chi connectivity index (χ3n) is 2.59. The van der Waals surface area contributed by atoms with Gasteiger partial charge in [-0.25, -0.2) is 0 Å². The average molecular weight is 220 g/mol. The summed E-state index contributed by atoms with van der Waals surface area (Å²) in [7, 11) is 0. The second-order valence-electron chi connectivity index (χ2n) is 4.77. The van der Waals surface area contributed by atoms with Gasteiger partial charge in [0.25, 0.3) is 0 Å². The van der Waals surface area contributed by atoms with Gasteiger partial charge in [-0.3, -0.25) is 4.79 Å². The first kappa shape index (κ1) is 12.7. The van der Waals surface area contributed by atoms with Crippen LogP contribution in [0.1, 0.15) is 37.9 Å². The fourth-order valence-corrected chi connectivity index (χ4v) is 1.53. The van der Waals surface area contributed by atoms with Gasteiger partial charge in [0.1, 0.15) is 0 Å². The van der Waals surface area contributed by atoms with E-state index in [4.69, 9.17) is 5.73 Å². The van der Waals surface area contributed by atoms with E-state index < -0.39 is 5.54 Å². The molecule has 1 amide bonds. The number of nitrogens with one attached hydrogen (secondary N) is 1. The Hall–Kier alpha value is -1.35. The zero-order valence-electron chi connectivity index (χ0n) is 10.4. The van der Waals surface area contributed by atoms with Crippen molar-refractivity contribution in [1.29, 1.82) is 0 Å². The summed E-state index contributed by atoms with van der Waals surface area (Å²) in [5.74, 6) is -0.136. The molecule has 3 heteroatoms. The Morgan fingerprint density at radius 1 is 1.38 bits per heavy atom. The largest absolute Gasteiger partial charge is 0.348 e. The number of carbonyl (C=O) groups excluding carboxylic acids is 1. The number of nitrogens with two attached hydrogens (primary N) is 1. The Labute approximate surface area is 97.0 Å². The average Bonchev–Trinajstić information content (AvgIpc) is 2.16. The summed E-state index contributed by atoms with van der Waals surface area (Å²) in [5, 5.41) is 2.91. The summed E-state index contributed by atoms with van der Waals surface area (Å²) in [6.45, 7) is 7.40. The van der Waals surface area contributed by atoms with Crippen molar-refractivity contribution in [3.63, 3.8) is 0 Å². The molecule has 0 bridgehead atoms. The second kappa shape index (κ2) is 4.66. The van der Waals surface area contributed by atoms with Gasteiger partial charge in [-0.05, 0) is 38.8 Å². The molecule has 16 heavy (non-hydrogen) atoms. The van der Waals surface area contributed by atoms with Gasteiger partial charge in [0.2, 0.25) is 5.91 Å². The van der Waals surface area contributed by atoms with Gasteiger partial charge in [-0.15, -0.1) is 0 Å². The highest BCUT2D eigenvalue weighted by Crippen LogP contribution is 2.17. The van der Waals surface area contributed by atoms with Crippen LogP contribution in [0, 0.1) is 6.92 Å². The van der Waals surface area contributed by atoms with Crippen molar-refractivity contribution >= 4 is 5.91 Å². The lowest BCUT2D eigenvalue weighted by molar-refractivity contribution is -0.125. The van der Waals surface area contributed by atoms with Crippen molar-refractivity contribution < 1.29 is 4.79 Å². The molecule has 3 nitrogen and oxygen atoms in total. The highest BCUT2D eigenvalue weighted by Gasteiger charge is 2.23. The first-order valence-corrected chi connectivity index (χ1v) is 5.47. The molecule has 1 rings (SSSR count). The van der Waals surface area contributed by atoms with Crippen molar-refractivity contribution in [3.05, 3.63) is 35.4 Å². The molecule has 1 aromatic carbocycles. The Morgan fingerprint density at radius 3 is 2.44 bits per heavy atom. The lowest BCUT2D eigenvalue weighted by Gasteiger charge is -2.23. The maximum Gasteiger partial charge on any atom is 0.239 e. The molecule has 0 fully saturated rings. The van der Waals surface area contributed by atoms with Crippen molar-refractivity contribution in [2.45, 2.75) is 39.3 Å². The van der Waals surface area contributed by atoms with E-state index in [1.54, 1.807) is 13.8 Å². The van der Waals surface area contributed by atoms with Gasteiger partial charge < -0.3 is 11.1 Å². The summed E-state index contributed by atoms with van der Waals surface area (Å²) < 4.78 is 0. The molecule has 0 spiro atoms. The van der Waals surface area contributed by atoms with Gasteiger partial charge in [0.15, 0.2) is 0 Å². The van der Waals surface area contributed by atoms with Gasteiger partial charge in [-0.2, -0.15) is 0 Å². The van der Waals surface area contributed by atoms with Crippen LogP contribution in [0.2, 0.25) is 0 Å². The molecule has 0 saturated carbocycles. The molecule has 1 aromatic rings. The van der Waals surface area contributed by atoms with Crippen molar-refractivity contribution in [2.75, 3.05) is 0 Å². The summed E-state index contributed by atoms with van der Waals surface area (Å²) in [4.78, 5) is 11.7. The molecule has 0 radical (unpaired) electrons. The quantitative estimate of drug-likeness (QED) is 0.817. The summed E-state index contributed by atoms with van der Waals surface area (Å²) in [5.41, 5.74) is 7.19.